The summed E-state index contributed by atoms with van der Waals surface area (Å²) in [5, 5.41) is 8.81. The van der Waals surface area contributed by atoms with Gasteiger partial charge in [-0.05, 0) is 65.5 Å². The van der Waals surface area contributed by atoms with Gasteiger partial charge in [-0.2, -0.15) is 0 Å². The van der Waals surface area contributed by atoms with Gasteiger partial charge in [-0.1, -0.05) is 67.4 Å². The molecule has 26 heavy (non-hydrogen) atoms. The van der Waals surface area contributed by atoms with E-state index in [2.05, 4.69) is 45.5 Å². The molecule has 4 nitrogen and oxygen atoms in total. The fourth-order valence-electron chi connectivity index (χ4n) is 2.15. The largest absolute Gasteiger partial charge is 0.339 e. The van der Waals surface area contributed by atoms with Crippen molar-refractivity contribution in [1.82, 2.24) is 10.6 Å². The average molecular weight is 551 g/mol. The number of thiocarbonyl (C=S) groups is 1. The molecule has 1 atom stereocenters. The van der Waals surface area contributed by atoms with Crippen molar-refractivity contribution in [3.05, 3.63) is 27.8 Å². The van der Waals surface area contributed by atoms with E-state index in [0.717, 1.165) is 34.9 Å². The molecule has 0 radical (unpaired) electrons. The second-order valence-corrected chi connectivity index (χ2v) is 9.83. The number of anilines is 1. The molecule has 0 aliphatic heterocycles. The zero-order valence-electron chi connectivity index (χ0n) is 14.5. The first-order valence-corrected chi connectivity index (χ1v) is 11.0. The van der Waals surface area contributed by atoms with Crippen LogP contribution >= 0.6 is 69.6 Å². The predicted octanol–water partition coefficient (Wildman–Crippen LogP) is 5.75. The normalized spacial score (nSPS) is 12.3. The number of hydrogen-bond acceptors (Lipinski definition) is 2. The van der Waals surface area contributed by atoms with E-state index in [1.807, 2.05) is 24.3 Å². The number of rotatable bonds is 9. The van der Waals surface area contributed by atoms with Crippen molar-refractivity contribution in [2.45, 2.75) is 55.4 Å². The lowest BCUT2D eigenvalue weighted by molar-refractivity contribution is -0.122. The topological polar surface area (TPSA) is 53.2 Å². The van der Waals surface area contributed by atoms with Crippen molar-refractivity contribution >= 4 is 86.3 Å². The van der Waals surface area contributed by atoms with Crippen LogP contribution in [0.25, 0.3) is 0 Å². The SMILES string of the molecule is CCCCCCCC(=O)NC(NC(=S)Nc1ccc(I)cc1)C(Cl)(Cl)Cl. The van der Waals surface area contributed by atoms with Gasteiger partial charge in [0.2, 0.25) is 9.70 Å². The number of nitrogens with one attached hydrogen (secondary N) is 3. The molecule has 0 aromatic heterocycles. The molecular formula is C17H23Cl3IN3OS. The van der Waals surface area contributed by atoms with Gasteiger partial charge < -0.3 is 16.0 Å². The third-order valence-electron chi connectivity index (χ3n) is 3.52. The molecule has 0 saturated heterocycles. The molecule has 0 bridgehead atoms. The fraction of sp³-hybridized carbons (Fsp3) is 0.529. The number of alkyl halides is 3. The Kier molecular flexibility index (Phi) is 11.5. The summed E-state index contributed by atoms with van der Waals surface area (Å²) in [6.45, 7) is 2.15. The Morgan fingerprint density at radius 3 is 2.31 bits per heavy atom. The van der Waals surface area contributed by atoms with Crippen LogP contribution in [-0.4, -0.2) is 21.0 Å². The second-order valence-electron chi connectivity index (χ2n) is 5.81. The number of halogens is 4. The van der Waals surface area contributed by atoms with Gasteiger partial charge in [-0.15, -0.1) is 0 Å². The maximum Gasteiger partial charge on any atom is 0.228 e. The van der Waals surface area contributed by atoms with Gasteiger partial charge in [0.1, 0.15) is 6.17 Å². The molecule has 1 aromatic carbocycles. The number of benzene rings is 1. The highest BCUT2D eigenvalue weighted by atomic mass is 127. The molecule has 1 unspecified atom stereocenters. The molecule has 3 N–H and O–H groups in total. The number of carbonyl (C=O) groups is 1. The molecule has 0 fully saturated rings. The Morgan fingerprint density at radius 2 is 1.73 bits per heavy atom. The third-order valence-corrected chi connectivity index (χ3v) is 5.11. The van der Waals surface area contributed by atoms with Crippen molar-refractivity contribution in [2.24, 2.45) is 0 Å². The molecule has 0 aliphatic carbocycles. The minimum absolute atomic E-state index is 0.178. The Bertz CT molecular complexity index is 582. The smallest absolute Gasteiger partial charge is 0.228 e. The third kappa shape index (κ3) is 10.3. The lowest BCUT2D eigenvalue weighted by Crippen LogP contribution is -2.56. The number of hydrogen-bond donors (Lipinski definition) is 3. The van der Waals surface area contributed by atoms with Gasteiger partial charge in [0.05, 0.1) is 0 Å². The highest BCUT2D eigenvalue weighted by Gasteiger charge is 2.34. The van der Waals surface area contributed by atoms with E-state index in [1.54, 1.807) is 0 Å². The standard InChI is InChI=1S/C17H23Cl3IN3OS/c1-2-3-4-5-6-7-14(25)23-15(17(18,19)20)24-16(26)22-13-10-8-12(21)9-11-13/h8-11,15H,2-7H2,1H3,(H,23,25)(H2,22,24,26). The zero-order chi connectivity index (χ0) is 19.6. The quantitative estimate of drug-likeness (QED) is 0.121. The molecule has 1 amide bonds. The predicted molar refractivity (Wildman–Crippen MR) is 124 cm³/mol. The molecule has 1 aromatic rings. The highest BCUT2D eigenvalue weighted by Crippen LogP contribution is 2.29. The summed E-state index contributed by atoms with van der Waals surface area (Å²) in [4.78, 5) is 12.1. The fourth-order valence-corrected chi connectivity index (χ4v) is 3.08. The molecule has 0 aliphatic rings. The van der Waals surface area contributed by atoms with Gasteiger partial charge in [0.25, 0.3) is 0 Å². The first-order valence-electron chi connectivity index (χ1n) is 8.41. The van der Waals surface area contributed by atoms with Crippen LogP contribution in [0.5, 0.6) is 0 Å². The Balaban J connectivity index is 2.51. The maximum atomic E-state index is 12.1. The Hall–Kier alpha value is -0.0200. The Labute approximate surface area is 189 Å². The first-order chi connectivity index (χ1) is 12.2. The van der Waals surface area contributed by atoms with Crippen LogP contribution < -0.4 is 16.0 Å². The van der Waals surface area contributed by atoms with Crippen molar-refractivity contribution in [2.75, 3.05) is 5.32 Å². The van der Waals surface area contributed by atoms with Gasteiger partial charge in [-0.25, -0.2) is 0 Å². The summed E-state index contributed by atoms with van der Waals surface area (Å²) in [5.41, 5.74) is 0.799. The minimum Gasteiger partial charge on any atom is -0.339 e. The van der Waals surface area contributed by atoms with Gasteiger partial charge in [-0.3, -0.25) is 4.79 Å². The van der Waals surface area contributed by atoms with Gasteiger partial charge in [0.15, 0.2) is 5.11 Å². The highest BCUT2D eigenvalue weighted by molar-refractivity contribution is 14.1. The van der Waals surface area contributed by atoms with E-state index in [0.29, 0.717) is 6.42 Å². The van der Waals surface area contributed by atoms with Crippen molar-refractivity contribution in [3.8, 4) is 0 Å². The number of amides is 1. The van der Waals surface area contributed by atoms with Crippen LogP contribution in [0, 0.1) is 3.57 Å². The van der Waals surface area contributed by atoms with Crippen LogP contribution in [0.4, 0.5) is 5.69 Å². The summed E-state index contributed by atoms with van der Waals surface area (Å²) < 4.78 is -0.632. The van der Waals surface area contributed by atoms with Crippen LogP contribution in [0.1, 0.15) is 45.4 Å². The zero-order valence-corrected chi connectivity index (χ0v) is 19.7. The van der Waals surface area contributed by atoms with E-state index in [1.165, 1.54) is 6.42 Å². The van der Waals surface area contributed by atoms with E-state index in [-0.39, 0.29) is 11.0 Å². The average Bonchev–Trinajstić information content (AvgIpc) is 2.55. The second kappa shape index (κ2) is 12.4. The summed E-state index contributed by atoms with van der Waals surface area (Å²) in [6.07, 6.45) is 4.75. The summed E-state index contributed by atoms with van der Waals surface area (Å²) in [5.74, 6) is -0.178. The first kappa shape index (κ1) is 24.0. The van der Waals surface area contributed by atoms with Crippen LogP contribution in [-0.2, 0) is 4.79 Å². The van der Waals surface area contributed by atoms with Crippen LogP contribution in [0.2, 0.25) is 0 Å². The van der Waals surface area contributed by atoms with Crippen LogP contribution in [0.15, 0.2) is 24.3 Å². The molecule has 1 rings (SSSR count). The molecular weight excluding hydrogens is 528 g/mol. The Morgan fingerprint density at radius 1 is 1.12 bits per heavy atom. The maximum absolute atomic E-state index is 12.1. The number of carbonyl (C=O) groups excluding carboxylic acids is 1. The molecule has 9 heteroatoms. The monoisotopic (exact) mass is 549 g/mol. The van der Waals surface area contributed by atoms with Crippen molar-refractivity contribution in [1.29, 1.82) is 0 Å². The summed E-state index contributed by atoms with van der Waals surface area (Å²) in [6, 6.07) is 7.65. The molecule has 146 valence electrons. The summed E-state index contributed by atoms with van der Waals surface area (Å²) >= 11 is 25.4. The summed E-state index contributed by atoms with van der Waals surface area (Å²) in [7, 11) is 0. The van der Waals surface area contributed by atoms with Crippen LogP contribution in [0.3, 0.4) is 0 Å². The van der Waals surface area contributed by atoms with E-state index >= 15 is 0 Å². The molecule has 0 saturated carbocycles. The van der Waals surface area contributed by atoms with E-state index in [9.17, 15) is 4.79 Å². The van der Waals surface area contributed by atoms with Gasteiger partial charge in [0, 0.05) is 15.7 Å². The lowest BCUT2D eigenvalue weighted by atomic mass is 10.1. The van der Waals surface area contributed by atoms with E-state index in [4.69, 9.17) is 47.0 Å². The molecule has 0 spiro atoms. The lowest BCUT2D eigenvalue weighted by Gasteiger charge is -2.27. The van der Waals surface area contributed by atoms with Gasteiger partial charge >= 0.3 is 0 Å². The number of unbranched alkanes of at least 4 members (excludes halogenated alkanes) is 4. The minimum atomic E-state index is -1.74. The van der Waals surface area contributed by atoms with E-state index < -0.39 is 9.96 Å². The molecule has 0 heterocycles. The van der Waals surface area contributed by atoms with Crippen molar-refractivity contribution < 1.29 is 4.79 Å². The van der Waals surface area contributed by atoms with Crippen molar-refractivity contribution in [3.63, 3.8) is 0 Å².